The molecule has 0 unspecified atom stereocenters. The normalized spacial score (nSPS) is 19.4. The van der Waals surface area contributed by atoms with E-state index in [9.17, 15) is 4.79 Å². The first-order chi connectivity index (χ1) is 9.58. The number of amidine groups is 1. The molecule has 0 aliphatic heterocycles. The molecule has 1 heterocycles. The Morgan fingerprint density at radius 3 is 2.60 bits per heavy atom. The first-order valence-electron chi connectivity index (χ1n) is 6.86. The minimum Gasteiger partial charge on any atom is -0.409 e. The van der Waals surface area contributed by atoms with E-state index in [1.54, 1.807) is 24.1 Å². The molecule has 1 aromatic rings. The molecule has 0 atom stereocenters. The maximum atomic E-state index is 12.6. The van der Waals surface area contributed by atoms with Crippen LogP contribution < -0.4 is 11.1 Å². The molecule has 0 aromatic carbocycles. The average molecular weight is 279 g/mol. The van der Waals surface area contributed by atoms with Crippen LogP contribution in [0.15, 0.2) is 17.5 Å². The Bertz CT molecular complexity index is 501. The van der Waals surface area contributed by atoms with Gasteiger partial charge >= 0.3 is 0 Å². The topological polar surface area (TPSA) is 106 Å². The summed E-state index contributed by atoms with van der Waals surface area (Å²) in [7, 11) is 1.78. The number of aromatic nitrogens is 2. The highest BCUT2D eigenvalue weighted by Crippen LogP contribution is 2.36. The zero-order valence-corrected chi connectivity index (χ0v) is 11.7. The molecule has 0 radical (unpaired) electrons. The molecule has 1 aliphatic carbocycles. The van der Waals surface area contributed by atoms with Crippen LogP contribution in [0.3, 0.4) is 0 Å². The van der Waals surface area contributed by atoms with Crippen molar-refractivity contribution in [2.75, 3.05) is 5.32 Å². The lowest BCUT2D eigenvalue weighted by molar-refractivity contribution is -0.123. The van der Waals surface area contributed by atoms with Gasteiger partial charge in [0.15, 0.2) is 5.84 Å². The van der Waals surface area contributed by atoms with Crippen molar-refractivity contribution in [2.24, 2.45) is 23.4 Å². The molecular formula is C13H21N5O2. The summed E-state index contributed by atoms with van der Waals surface area (Å²) in [5, 5.41) is 19.0. The summed E-state index contributed by atoms with van der Waals surface area (Å²) in [6, 6.07) is 0. The van der Waals surface area contributed by atoms with Crippen LogP contribution >= 0.6 is 0 Å². The number of carbonyl (C=O) groups is 1. The standard InChI is InChI=1S/C13H21N5O2/c1-18-9-10(8-15-18)16-12(19)13(11(14)17-20)6-4-2-3-5-7-13/h8-9,20H,2-7H2,1H3,(H2,14,17)(H,16,19). The second-order valence-electron chi connectivity index (χ2n) is 5.34. The molecule has 110 valence electrons. The Labute approximate surface area is 117 Å². The maximum Gasteiger partial charge on any atom is 0.238 e. The third-order valence-corrected chi connectivity index (χ3v) is 3.95. The Hall–Kier alpha value is -2.05. The molecule has 0 spiro atoms. The van der Waals surface area contributed by atoms with Crippen LogP contribution in [0.5, 0.6) is 0 Å². The highest BCUT2D eigenvalue weighted by Gasteiger charge is 2.43. The highest BCUT2D eigenvalue weighted by atomic mass is 16.4. The van der Waals surface area contributed by atoms with Crippen LogP contribution in [0.2, 0.25) is 0 Å². The number of nitrogens with zero attached hydrogens (tertiary/aromatic N) is 3. The number of anilines is 1. The molecular weight excluding hydrogens is 258 g/mol. The van der Waals surface area contributed by atoms with Crippen LogP contribution in [0.4, 0.5) is 5.69 Å². The Balaban J connectivity index is 2.23. The summed E-state index contributed by atoms with van der Waals surface area (Å²) in [6.45, 7) is 0. The van der Waals surface area contributed by atoms with E-state index in [4.69, 9.17) is 10.9 Å². The smallest absolute Gasteiger partial charge is 0.238 e. The largest absolute Gasteiger partial charge is 0.409 e. The van der Waals surface area contributed by atoms with Gasteiger partial charge in [0.2, 0.25) is 5.91 Å². The van der Waals surface area contributed by atoms with E-state index < -0.39 is 5.41 Å². The van der Waals surface area contributed by atoms with Crippen molar-refractivity contribution in [2.45, 2.75) is 38.5 Å². The molecule has 0 bridgehead atoms. The second-order valence-corrected chi connectivity index (χ2v) is 5.34. The number of oxime groups is 1. The van der Waals surface area contributed by atoms with Crippen molar-refractivity contribution < 1.29 is 10.0 Å². The fourth-order valence-corrected chi connectivity index (χ4v) is 2.76. The van der Waals surface area contributed by atoms with Crippen LogP contribution in [0, 0.1) is 5.41 Å². The predicted molar refractivity (Wildman–Crippen MR) is 75.4 cm³/mol. The average Bonchev–Trinajstić information content (AvgIpc) is 2.70. The van der Waals surface area contributed by atoms with E-state index in [1.807, 2.05) is 0 Å². The summed E-state index contributed by atoms with van der Waals surface area (Å²) in [5.74, 6) is -0.219. The van der Waals surface area contributed by atoms with Crippen LogP contribution in [-0.2, 0) is 11.8 Å². The van der Waals surface area contributed by atoms with Gasteiger partial charge in [-0.1, -0.05) is 30.8 Å². The molecule has 1 amide bonds. The fraction of sp³-hybridized carbons (Fsp3) is 0.615. The number of amides is 1. The van der Waals surface area contributed by atoms with Crippen molar-refractivity contribution >= 4 is 17.4 Å². The summed E-state index contributed by atoms with van der Waals surface area (Å²) < 4.78 is 1.61. The number of nitrogens with one attached hydrogen (secondary N) is 1. The third kappa shape index (κ3) is 2.76. The number of aryl methyl sites for hydroxylation is 1. The van der Waals surface area contributed by atoms with E-state index in [0.717, 1.165) is 25.7 Å². The Morgan fingerprint density at radius 2 is 2.10 bits per heavy atom. The predicted octanol–water partition coefficient (Wildman–Crippen LogP) is 1.45. The van der Waals surface area contributed by atoms with Crippen molar-refractivity contribution in [3.05, 3.63) is 12.4 Å². The number of carbonyl (C=O) groups excluding carboxylic acids is 1. The van der Waals surface area contributed by atoms with E-state index >= 15 is 0 Å². The van der Waals surface area contributed by atoms with Crippen molar-refractivity contribution in [3.63, 3.8) is 0 Å². The number of hydrogen-bond acceptors (Lipinski definition) is 4. The number of hydrogen-bond donors (Lipinski definition) is 3. The molecule has 7 nitrogen and oxygen atoms in total. The van der Waals surface area contributed by atoms with E-state index in [-0.39, 0.29) is 11.7 Å². The molecule has 2 rings (SSSR count). The van der Waals surface area contributed by atoms with Gasteiger partial charge in [0.1, 0.15) is 5.41 Å². The molecule has 4 N–H and O–H groups in total. The van der Waals surface area contributed by atoms with Gasteiger partial charge in [-0.3, -0.25) is 9.48 Å². The molecule has 7 heteroatoms. The van der Waals surface area contributed by atoms with E-state index in [1.165, 1.54) is 0 Å². The van der Waals surface area contributed by atoms with Crippen LogP contribution in [-0.4, -0.2) is 26.7 Å². The quantitative estimate of drug-likeness (QED) is 0.256. The van der Waals surface area contributed by atoms with Crippen molar-refractivity contribution in [1.29, 1.82) is 0 Å². The zero-order valence-electron chi connectivity index (χ0n) is 11.7. The zero-order chi connectivity index (χ0) is 14.6. The second kappa shape index (κ2) is 5.94. The molecule has 1 fully saturated rings. The number of nitrogens with two attached hydrogens (primary N) is 1. The van der Waals surface area contributed by atoms with Crippen LogP contribution in [0.1, 0.15) is 38.5 Å². The van der Waals surface area contributed by atoms with Gasteiger partial charge in [-0.25, -0.2) is 0 Å². The molecule has 0 saturated heterocycles. The molecule has 20 heavy (non-hydrogen) atoms. The number of rotatable bonds is 3. The van der Waals surface area contributed by atoms with Gasteiger partial charge in [-0.2, -0.15) is 5.10 Å². The first-order valence-corrected chi connectivity index (χ1v) is 6.86. The minimum atomic E-state index is -0.916. The van der Waals surface area contributed by atoms with E-state index in [0.29, 0.717) is 18.5 Å². The van der Waals surface area contributed by atoms with Gasteiger partial charge in [0, 0.05) is 13.2 Å². The Morgan fingerprint density at radius 1 is 1.45 bits per heavy atom. The van der Waals surface area contributed by atoms with E-state index in [2.05, 4.69) is 15.6 Å². The maximum absolute atomic E-state index is 12.6. The lowest BCUT2D eigenvalue weighted by atomic mass is 9.78. The SMILES string of the molecule is Cn1cc(NC(=O)C2(C(N)=NO)CCCCCC2)cn1. The first kappa shape index (κ1) is 14.4. The summed E-state index contributed by atoms with van der Waals surface area (Å²) in [6.07, 6.45) is 8.45. The minimum absolute atomic E-state index is 0.000732. The Kier molecular flexibility index (Phi) is 4.26. The van der Waals surface area contributed by atoms with Gasteiger partial charge in [0.05, 0.1) is 11.9 Å². The lowest BCUT2D eigenvalue weighted by Gasteiger charge is -2.29. The molecule has 1 aromatic heterocycles. The van der Waals surface area contributed by atoms with Gasteiger partial charge in [-0.15, -0.1) is 0 Å². The van der Waals surface area contributed by atoms with Gasteiger partial charge < -0.3 is 16.3 Å². The molecule has 1 aliphatic rings. The van der Waals surface area contributed by atoms with Crippen molar-refractivity contribution in [1.82, 2.24) is 9.78 Å². The van der Waals surface area contributed by atoms with Gasteiger partial charge in [0.25, 0.3) is 0 Å². The monoisotopic (exact) mass is 279 g/mol. The van der Waals surface area contributed by atoms with Gasteiger partial charge in [-0.05, 0) is 12.8 Å². The summed E-state index contributed by atoms with van der Waals surface area (Å²) in [5.41, 5.74) is 5.53. The fourth-order valence-electron chi connectivity index (χ4n) is 2.76. The third-order valence-electron chi connectivity index (χ3n) is 3.95. The summed E-state index contributed by atoms with van der Waals surface area (Å²) >= 11 is 0. The van der Waals surface area contributed by atoms with Crippen LogP contribution in [0.25, 0.3) is 0 Å². The highest BCUT2D eigenvalue weighted by molar-refractivity contribution is 6.11. The summed E-state index contributed by atoms with van der Waals surface area (Å²) in [4.78, 5) is 12.6. The molecule has 1 saturated carbocycles. The van der Waals surface area contributed by atoms with Crippen molar-refractivity contribution in [3.8, 4) is 0 Å². The lowest BCUT2D eigenvalue weighted by Crippen LogP contribution is -2.46.